The van der Waals surface area contributed by atoms with Crippen LogP contribution in [-0.4, -0.2) is 56.5 Å². The summed E-state index contributed by atoms with van der Waals surface area (Å²) >= 11 is 0. The van der Waals surface area contributed by atoms with E-state index < -0.39 is 18.1 Å². The van der Waals surface area contributed by atoms with Gasteiger partial charge in [0.25, 0.3) is 0 Å². The van der Waals surface area contributed by atoms with E-state index in [0.29, 0.717) is 0 Å². The van der Waals surface area contributed by atoms with E-state index in [9.17, 15) is 0 Å². The Kier molecular flexibility index (Phi) is 9.90. The molecule has 73 valence electrons. The zero-order valence-electron chi connectivity index (χ0n) is 4.91. The van der Waals surface area contributed by atoms with Crippen LogP contribution in [0.1, 0.15) is 0 Å². The molecule has 11 heavy (non-hydrogen) atoms. The fourth-order valence-corrected chi connectivity index (χ4v) is 0. The quantitative estimate of drug-likeness (QED) is 0.198. The zero-order valence-corrected chi connectivity index (χ0v) is 7.95. The van der Waals surface area contributed by atoms with E-state index in [1.54, 1.807) is 0 Å². The molecule has 11 heteroatoms. The van der Waals surface area contributed by atoms with Crippen LogP contribution >= 0.6 is 0 Å². The van der Waals surface area contributed by atoms with Crippen molar-refractivity contribution in [3.63, 3.8) is 0 Å². The van der Waals surface area contributed by atoms with Gasteiger partial charge < -0.3 is 38.4 Å². The van der Waals surface area contributed by atoms with Crippen molar-refractivity contribution in [1.82, 2.24) is 0 Å². The van der Waals surface area contributed by atoms with Crippen LogP contribution in [0.25, 0.3) is 0 Å². The molecule has 0 aliphatic carbocycles. The molecule has 0 heterocycles. The van der Waals surface area contributed by atoms with Gasteiger partial charge in [0.1, 0.15) is 0 Å². The maximum atomic E-state index is 7.33. The normalized spacial score (nSPS) is 10.9. The SMILES string of the molecule is O[Si](O)(O)O.O[Si](O)(O)O.[Co]. The van der Waals surface area contributed by atoms with E-state index in [4.69, 9.17) is 38.4 Å². The first kappa shape index (κ1) is 17.6. The van der Waals surface area contributed by atoms with Gasteiger partial charge in [0.2, 0.25) is 0 Å². The van der Waals surface area contributed by atoms with E-state index in [1.807, 2.05) is 0 Å². The van der Waals surface area contributed by atoms with Crippen molar-refractivity contribution < 1.29 is 55.1 Å². The van der Waals surface area contributed by atoms with E-state index in [2.05, 4.69) is 0 Å². The van der Waals surface area contributed by atoms with Gasteiger partial charge in [-0.3, -0.25) is 0 Å². The summed E-state index contributed by atoms with van der Waals surface area (Å²) in [6, 6.07) is 0. The molecule has 1 radical (unpaired) electrons. The molecule has 0 fully saturated rings. The standard InChI is InChI=1S/Co.2H4O4Si/c;2*1-5(2,3)4/h;2*1-4H. The molecule has 0 spiro atoms. The van der Waals surface area contributed by atoms with E-state index in [0.717, 1.165) is 0 Å². The maximum Gasteiger partial charge on any atom is 0.668 e. The predicted molar refractivity (Wildman–Crippen MR) is 29.3 cm³/mol. The summed E-state index contributed by atoms with van der Waals surface area (Å²) in [5.74, 6) is 0. The summed E-state index contributed by atoms with van der Waals surface area (Å²) in [6.45, 7) is 0. The molecule has 0 atom stereocenters. The molecular formula is H8CoO8Si2. The van der Waals surface area contributed by atoms with Crippen molar-refractivity contribution >= 4 is 18.1 Å². The third kappa shape index (κ3) is 2050. The molecule has 0 aromatic carbocycles. The summed E-state index contributed by atoms with van der Waals surface area (Å²) in [6.07, 6.45) is 0. The van der Waals surface area contributed by atoms with E-state index in [1.165, 1.54) is 0 Å². The zero-order chi connectivity index (χ0) is 9.00. The van der Waals surface area contributed by atoms with Crippen molar-refractivity contribution in [2.45, 2.75) is 0 Å². The monoisotopic (exact) mass is 251 g/mol. The Morgan fingerprint density at radius 3 is 0.455 bits per heavy atom. The van der Waals surface area contributed by atoms with Crippen LogP contribution in [0.3, 0.4) is 0 Å². The first-order valence-electron chi connectivity index (χ1n) is 1.79. The van der Waals surface area contributed by atoms with Gasteiger partial charge in [0.05, 0.1) is 0 Å². The first-order chi connectivity index (χ1) is 4.00. The second-order valence-corrected chi connectivity index (χ2v) is 3.60. The number of hydrogen-bond acceptors (Lipinski definition) is 8. The minimum atomic E-state index is -4.61. The van der Waals surface area contributed by atoms with Gasteiger partial charge >= 0.3 is 18.1 Å². The molecule has 8 nitrogen and oxygen atoms in total. The van der Waals surface area contributed by atoms with Crippen molar-refractivity contribution in [1.29, 1.82) is 0 Å². The van der Waals surface area contributed by atoms with Crippen molar-refractivity contribution in [3.05, 3.63) is 0 Å². The molecule has 0 aliphatic rings. The fourth-order valence-electron chi connectivity index (χ4n) is 0. The predicted octanol–water partition coefficient (Wildman–Crippen LogP) is -5.22. The van der Waals surface area contributed by atoms with Crippen LogP contribution in [0, 0.1) is 0 Å². The van der Waals surface area contributed by atoms with Crippen LogP contribution in [0.15, 0.2) is 0 Å². The summed E-state index contributed by atoms with van der Waals surface area (Å²) < 4.78 is 0. The largest absolute Gasteiger partial charge is 0.668 e. The van der Waals surface area contributed by atoms with Crippen molar-refractivity contribution in [2.24, 2.45) is 0 Å². The number of rotatable bonds is 0. The smallest absolute Gasteiger partial charge is 0.368 e. The first-order valence-corrected chi connectivity index (χ1v) is 5.37. The summed E-state index contributed by atoms with van der Waals surface area (Å²) in [4.78, 5) is 58.6. The van der Waals surface area contributed by atoms with Gasteiger partial charge in [-0.2, -0.15) is 0 Å². The average molecular weight is 251 g/mol. The molecule has 8 N–H and O–H groups in total. The van der Waals surface area contributed by atoms with Crippen molar-refractivity contribution in [2.75, 3.05) is 0 Å². The minimum absolute atomic E-state index is 0. The fraction of sp³-hybridized carbons (Fsp3) is 0. The summed E-state index contributed by atoms with van der Waals surface area (Å²) in [7, 11) is -9.22. The van der Waals surface area contributed by atoms with Gasteiger partial charge in [-0.25, -0.2) is 0 Å². The third-order valence-corrected chi connectivity index (χ3v) is 0. The maximum absolute atomic E-state index is 7.33. The van der Waals surface area contributed by atoms with Crippen LogP contribution < -0.4 is 0 Å². The molecule has 0 aliphatic heterocycles. The second kappa shape index (κ2) is 6.17. The van der Waals surface area contributed by atoms with Crippen molar-refractivity contribution in [3.8, 4) is 0 Å². The van der Waals surface area contributed by atoms with Gasteiger partial charge in [0, 0.05) is 16.8 Å². The molecule has 0 unspecified atom stereocenters. The Morgan fingerprint density at radius 1 is 0.455 bits per heavy atom. The molecule has 0 rings (SSSR count). The van der Waals surface area contributed by atoms with Gasteiger partial charge in [-0.05, 0) is 0 Å². The van der Waals surface area contributed by atoms with Crippen LogP contribution in [-0.2, 0) is 16.8 Å². The Hall–Kier alpha value is 0.620. The summed E-state index contributed by atoms with van der Waals surface area (Å²) in [5, 5.41) is 0. The Morgan fingerprint density at radius 2 is 0.455 bits per heavy atom. The topological polar surface area (TPSA) is 162 Å². The third-order valence-electron chi connectivity index (χ3n) is 0. The average Bonchev–Trinajstić information content (AvgIpc) is 1.12. The molecule has 0 saturated heterocycles. The minimum Gasteiger partial charge on any atom is -0.368 e. The van der Waals surface area contributed by atoms with Gasteiger partial charge in [-0.15, -0.1) is 0 Å². The summed E-state index contributed by atoms with van der Waals surface area (Å²) in [5.41, 5.74) is 0. The molecule has 0 bridgehead atoms. The van der Waals surface area contributed by atoms with Crippen LogP contribution in [0.5, 0.6) is 0 Å². The van der Waals surface area contributed by atoms with Crippen LogP contribution in [0.4, 0.5) is 0 Å². The number of hydrogen-bond donors (Lipinski definition) is 8. The van der Waals surface area contributed by atoms with Gasteiger partial charge in [0.15, 0.2) is 0 Å². The Labute approximate surface area is 73.8 Å². The second-order valence-electron chi connectivity index (χ2n) is 1.20. The van der Waals surface area contributed by atoms with E-state index >= 15 is 0 Å². The van der Waals surface area contributed by atoms with E-state index in [-0.39, 0.29) is 16.8 Å². The molecule has 0 saturated carbocycles. The molecule has 0 amide bonds. The van der Waals surface area contributed by atoms with Gasteiger partial charge in [-0.1, -0.05) is 0 Å². The molecule has 0 aromatic rings. The molecule has 0 aromatic heterocycles. The van der Waals surface area contributed by atoms with Crippen LogP contribution in [0.2, 0.25) is 0 Å². The Bertz CT molecular complexity index is 55.1. The Balaban J connectivity index is -0.000000107. The molecular weight excluding hydrogens is 243 g/mol.